The van der Waals surface area contributed by atoms with E-state index in [-0.39, 0.29) is 18.3 Å². The molecule has 0 bridgehead atoms. The number of benzene rings is 1. The van der Waals surface area contributed by atoms with Gasteiger partial charge in [0.1, 0.15) is 5.75 Å². The molecule has 1 aromatic carbocycles. The first kappa shape index (κ1) is 18.1. The number of hydrogen-bond donors (Lipinski definition) is 1. The van der Waals surface area contributed by atoms with Gasteiger partial charge < -0.3 is 15.0 Å². The van der Waals surface area contributed by atoms with E-state index >= 15 is 0 Å². The molecule has 6 heteroatoms. The third-order valence-electron chi connectivity index (χ3n) is 2.53. The molecule has 0 aromatic heterocycles. The van der Waals surface area contributed by atoms with Crippen molar-refractivity contribution in [2.75, 3.05) is 40.0 Å². The fourth-order valence-electron chi connectivity index (χ4n) is 1.35. The Hall–Kier alpha value is -0.910. The van der Waals surface area contributed by atoms with Gasteiger partial charge in [-0.25, -0.2) is 0 Å². The van der Waals surface area contributed by atoms with Crippen molar-refractivity contribution in [1.29, 1.82) is 0 Å². The molecule has 0 aliphatic rings. The van der Waals surface area contributed by atoms with Gasteiger partial charge in [0.15, 0.2) is 0 Å². The molecule has 0 aliphatic carbocycles. The van der Waals surface area contributed by atoms with E-state index in [0.29, 0.717) is 5.75 Å². The number of carbonyl (C=O) groups excluding carboxylic acids is 1. The molecule has 1 rings (SSSR count). The minimum atomic E-state index is 0. The largest absolute Gasteiger partial charge is 0.497 e. The van der Waals surface area contributed by atoms with E-state index in [4.69, 9.17) is 4.74 Å². The van der Waals surface area contributed by atoms with Crippen LogP contribution in [0, 0.1) is 0 Å². The summed E-state index contributed by atoms with van der Waals surface area (Å²) in [6, 6.07) is 7.74. The van der Waals surface area contributed by atoms with E-state index in [9.17, 15) is 4.79 Å². The highest BCUT2D eigenvalue weighted by Gasteiger charge is 2.08. The lowest BCUT2D eigenvalue weighted by molar-refractivity contribution is -0.127. The molecule has 0 saturated heterocycles. The molecule has 0 fully saturated rings. The second-order valence-electron chi connectivity index (χ2n) is 3.89. The van der Waals surface area contributed by atoms with Crippen LogP contribution >= 0.6 is 24.2 Å². The van der Waals surface area contributed by atoms with Crippen molar-refractivity contribution >= 4 is 30.1 Å². The Morgan fingerprint density at radius 1 is 1.47 bits per heavy atom. The van der Waals surface area contributed by atoms with Gasteiger partial charge in [-0.3, -0.25) is 4.79 Å². The number of rotatable bonds is 7. The maximum absolute atomic E-state index is 11.8. The predicted molar refractivity (Wildman–Crippen MR) is 82.5 cm³/mol. The molecule has 0 aliphatic heterocycles. The molecule has 1 N–H and O–H groups in total. The monoisotopic (exact) mass is 304 g/mol. The van der Waals surface area contributed by atoms with E-state index in [0.717, 1.165) is 23.7 Å². The lowest BCUT2D eigenvalue weighted by Gasteiger charge is -2.16. The third-order valence-corrected chi connectivity index (χ3v) is 3.51. The number of nitrogens with zero attached hydrogens (tertiary/aromatic N) is 1. The summed E-state index contributed by atoms with van der Waals surface area (Å²) in [5.74, 6) is 1.40. The molecular weight excluding hydrogens is 284 g/mol. The molecule has 0 saturated carbocycles. The fraction of sp³-hybridized carbons (Fsp3) is 0.462. The zero-order chi connectivity index (χ0) is 13.4. The standard InChI is InChI=1S/C13H20N2O2S.ClH/c1-14-7-8-15(2)13(16)10-18-12-6-4-5-11(9-12)17-3;/h4-6,9,14H,7-8,10H2,1-3H3;1H. The Kier molecular flexibility index (Phi) is 9.47. The van der Waals surface area contributed by atoms with Crippen molar-refractivity contribution < 1.29 is 9.53 Å². The fourth-order valence-corrected chi connectivity index (χ4v) is 2.24. The molecule has 0 heterocycles. The van der Waals surface area contributed by atoms with Crippen LogP contribution in [0.1, 0.15) is 0 Å². The van der Waals surface area contributed by atoms with Gasteiger partial charge in [0.05, 0.1) is 12.9 Å². The third kappa shape index (κ3) is 6.71. The average molecular weight is 305 g/mol. The maximum atomic E-state index is 11.8. The van der Waals surface area contributed by atoms with Gasteiger partial charge in [-0.15, -0.1) is 24.2 Å². The van der Waals surface area contributed by atoms with Crippen molar-refractivity contribution in [2.24, 2.45) is 0 Å². The number of halogens is 1. The molecule has 19 heavy (non-hydrogen) atoms. The zero-order valence-electron chi connectivity index (χ0n) is 11.5. The first-order chi connectivity index (χ1) is 8.67. The molecule has 0 spiro atoms. The summed E-state index contributed by atoms with van der Waals surface area (Å²) in [6.07, 6.45) is 0. The second-order valence-corrected chi connectivity index (χ2v) is 4.94. The molecular formula is C13H21ClN2O2S. The van der Waals surface area contributed by atoms with Crippen LogP contribution in [0.15, 0.2) is 29.2 Å². The number of amides is 1. The Morgan fingerprint density at radius 2 is 2.21 bits per heavy atom. The summed E-state index contributed by atoms with van der Waals surface area (Å²) in [6.45, 7) is 1.54. The molecule has 0 unspecified atom stereocenters. The number of ether oxygens (including phenoxy) is 1. The molecule has 1 amide bonds. The minimum Gasteiger partial charge on any atom is -0.497 e. The topological polar surface area (TPSA) is 41.6 Å². The van der Waals surface area contributed by atoms with Gasteiger partial charge in [-0.05, 0) is 25.2 Å². The molecule has 108 valence electrons. The molecule has 0 radical (unpaired) electrons. The summed E-state index contributed by atoms with van der Waals surface area (Å²) in [5, 5.41) is 3.03. The normalized spacial score (nSPS) is 9.63. The smallest absolute Gasteiger partial charge is 0.232 e. The van der Waals surface area contributed by atoms with Crippen LogP contribution in [0.4, 0.5) is 0 Å². The van der Waals surface area contributed by atoms with Crippen molar-refractivity contribution in [3.05, 3.63) is 24.3 Å². The van der Waals surface area contributed by atoms with Crippen LogP contribution in [-0.2, 0) is 4.79 Å². The number of hydrogen-bond acceptors (Lipinski definition) is 4. The number of likely N-dealkylation sites (N-methyl/N-ethyl adjacent to an activating group) is 2. The lowest BCUT2D eigenvalue weighted by Crippen LogP contribution is -2.33. The number of thioether (sulfide) groups is 1. The van der Waals surface area contributed by atoms with Gasteiger partial charge in [0.25, 0.3) is 0 Å². The van der Waals surface area contributed by atoms with Crippen LogP contribution in [-0.4, -0.2) is 50.9 Å². The van der Waals surface area contributed by atoms with E-state index in [1.807, 2.05) is 38.4 Å². The quantitative estimate of drug-likeness (QED) is 0.781. The summed E-state index contributed by atoms with van der Waals surface area (Å²) in [5.41, 5.74) is 0. The Morgan fingerprint density at radius 3 is 2.84 bits per heavy atom. The highest BCUT2D eigenvalue weighted by Crippen LogP contribution is 2.22. The van der Waals surface area contributed by atoms with E-state index in [1.54, 1.807) is 12.0 Å². The van der Waals surface area contributed by atoms with E-state index < -0.39 is 0 Å². The lowest BCUT2D eigenvalue weighted by atomic mass is 10.3. The Bertz CT molecular complexity index is 391. The zero-order valence-corrected chi connectivity index (χ0v) is 13.1. The summed E-state index contributed by atoms with van der Waals surface area (Å²) in [7, 11) is 5.34. The maximum Gasteiger partial charge on any atom is 0.232 e. The highest BCUT2D eigenvalue weighted by molar-refractivity contribution is 8.00. The predicted octanol–water partition coefficient (Wildman–Crippen LogP) is 1.89. The molecule has 1 aromatic rings. The number of carbonyl (C=O) groups is 1. The molecule has 4 nitrogen and oxygen atoms in total. The molecule has 0 atom stereocenters. The van der Waals surface area contributed by atoms with Crippen LogP contribution in [0.25, 0.3) is 0 Å². The van der Waals surface area contributed by atoms with Crippen molar-refractivity contribution in [1.82, 2.24) is 10.2 Å². The summed E-state index contributed by atoms with van der Waals surface area (Å²) in [4.78, 5) is 14.6. The minimum absolute atomic E-state index is 0. The van der Waals surface area contributed by atoms with Gasteiger partial charge in [-0.2, -0.15) is 0 Å². The highest BCUT2D eigenvalue weighted by atomic mass is 35.5. The Labute approximate surface area is 125 Å². The van der Waals surface area contributed by atoms with Crippen LogP contribution in [0.2, 0.25) is 0 Å². The van der Waals surface area contributed by atoms with E-state index in [1.165, 1.54) is 11.8 Å². The van der Waals surface area contributed by atoms with Gasteiger partial charge in [0, 0.05) is 25.0 Å². The van der Waals surface area contributed by atoms with Crippen molar-refractivity contribution in [3.63, 3.8) is 0 Å². The van der Waals surface area contributed by atoms with Gasteiger partial charge in [-0.1, -0.05) is 6.07 Å². The van der Waals surface area contributed by atoms with Gasteiger partial charge in [0.2, 0.25) is 5.91 Å². The van der Waals surface area contributed by atoms with E-state index in [2.05, 4.69) is 5.32 Å². The SMILES string of the molecule is CNCCN(C)C(=O)CSc1cccc(OC)c1.Cl. The second kappa shape index (κ2) is 9.95. The first-order valence-corrected chi connectivity index (χ1v) is 6.81. The first-order valence-electron chi connectivity index (χ1n) is 5.82. The van der Waals surface area contributed by atoms with Crippen molar-refractivity contribution in [2.45, 2.75) is 4.90 Å². The average Bonchev–Trinajstić information content (AvgIpc) is 2.42. The van der Waals surface area contributed by atoms with Crippen LogP contribution < -0.4 is 10.1 Å². The number of nitrogens with one attached hydrogen (secondary N) is 1. The van der Waals surface area contributed by atoms with Crippen molar-refractivity contribution in [3.8, 4) is 5.75 Å². The van der Waals surface area contributed by atoms with Gasteiger partial charge >= 0.3 is 0 Å². The summed E-state index contributed by atoms with van der Waals surface area (Å²) < 4.78 is 5.15. The Balaban J connectivity index is 0.00000324. The van der Waals surface area contributed by atoms with Crippen LogP contribution in [0.5, 0.6) is 5.75 Å². The summed E-state index contributed by atoms with van der Waals surface area (Å²) >= 11 is 1.53. The number of methoxy groups -OCH3 is 1. The van der Waals surface area contributed by atoms with Crippen LogP contribution in [0.3, 0.4) is 0 Å².